The molecule has 1 heterocycles. The Hall–Kier alpha value is -1.39. The highest BCUT2D eigenvalue weighted by Crippen LogP contribution is 2.22. The maximum atomic E-state index is 12.7. The lowest BCUT2D eigenvalue weighted by molar-refractivity contribution is 0.0699. The maximum absolute atomic E-state index is 12.7. The van der Waals surface area contributed by atoms with Gasteiger partial charge in [-0.15, -0.1) is 0 Å². The second kappa shape index (κ2) is 6.58. The van der Waals surface area contributed by atoms with Crippen molar-refractivity contribution in [3.8, 4) is 0 Å². The highest BCUT2D eigenvalue weighted by molar-refractivity contribution is 5.94. The standard InChI is InChI=1S/C17H26N2O2/c1-12(2)13-5-7-14(8-6-13)17(21)19-11-16(20)9-15(19)10-18(3)4/h5-8,12,15-16,20H,9-11H2,1-4H3. The fraction of sp³-hybridized carbons (Fsp3) is 0.588. The number of aliphatic hydroxyl groups is 1. The summed E-state index contributed by atoms with van der Waals surface area (Å²) >= 11 is 0. The van der Waals surface area contributed by atoms with E-state index in [0.29, 0.717) is 24.4 Å². The highest BCUT2D eigenvalue weighted by atomic mass is 16.3. The Balaban J connectivity index is 2.13. The molecule has 1 aromatic carbocycles. The Morgan fingerprint density at radius 2 is 1.95 bits per heavy atom. The van der Waals surface area contributed by atoms with Gasteiger partial charge < -0.3 is 14.9 Å². The molecular formula is C17H26N2O2. The van der Waals surface area contributed by atoms with Gasteiger partial charge in [-0.2, -0.15) is 0 Å². The number of aliphatic hydroxyl groups excluding tert-OH is 1. The van der Waals surface area contributed by atoms with E-state index in [1.54, 1.807) is 0 Å². The van der Waals surface area contributed by atoms with Crippen molar-refractivity contribution in [2.45, 2.75) is 38.3 Å². The van der Waals surface area contributed by atoms with Gasteiger partial charge in [0.05, 0.1) is 6.10 Å². The van der Waals surface area contributed by atoms with E-state index in [1.807, 2.05) is 43.3 Å². The van der Waals surface area contributed by atoms with E-state index < -0.39 is 6.10 Å². The van der Waals surface area contributed by atoms with Crippen molar-refractivity contribution >= 4 is 5.91 Å². The van der Waals surface area contributed by atoms with Crippen molar-refractivity contribution in [2.75, 3.05) is 27.2 Å². The zero-order valence-electron chi connectivity index (χ0n) is 13.4. The van der Waals surface area contributed by atoms with E-state index in [4.69, 9.17) is 0 Å². The molecule has 2 atom stereocenters. The van der Waals surface area contributed by atoms with Gasteiger partial charge in [-0.1, -0.05) is 26.0 Å². The third-order valence-corrected chi connectivity index (χ3v) is 4.05. The number of nitrogens with zero attached hydrogens (tertiary/aromatic N) is 2. The van der Waals surface area contributed by atoms with Gasteiger partial charge in [0.2, 0.25) is 0 Å². The maximum Gasteiger partial charge on any atom is 0.254 e. The Morgan fingerprint density at radius 1 is 1.33 bits per heavy atom. The number of likely N-dealkylation sites (tertiary alicyclic amines) is 1. The summed E-state index contributed by atoms with van der Waals surface area (Å²) in [6, 6.07) is 7.92. The quantitative estimate of drug-likeness (QED) is 0.922. The van der Waals surface area contributed by atoms with E-state index in [2.05, 4.69) is 18.7 Å². The first kappa shape index (κ1) is 16.0. The lowest BCUT2D eigenvalue weighted by Crippen LogP contribution is -2.41. The van der Waals surface area contributed by atoms with Crippen LogP contribution in [0.4, 0.5) is 0 Å². The number of hydrogen-bond acceptors (Lipinski definition) is 3. The van der Waals surface area contributed by atoms with Crippen LogP contribution in [0.2, 0.25) is 0 Å². The van der Waals surface area contributed by atoms with Gasteiger partial charge in [0.1, 0.15) is 0 Å². The van der Waals surface area contributed by atoms with Gasteiger partial charge in [0.25, 0.3) is 5.91 Å². The van der Waals surface area contributed by atoms with Gasteiger partial charge in [-0.3, -0.25) is 4.79 Å². The van der Waals surface area contributed by atoms with Crippen LogP contribution in [0.5, 0.6) is 0 Å². The van der Waals surface area contributed by atoms with Crippen LogP contribution >= 0.6 is 0 Å². The van der Waals surface area contributed by atoms with Crippen LogP contribution in [0.15, 0.2) is 24.3 Å². The minimum absolute atomic E-state index is 0.0220. The molecule has 0 aliphatic carbocycles. The molecular weight excluding hydrogens is 264 g/mol. The summed E-state index contributed by atoms with van der Waals surface area (Å²) in [5, 5.41) is 9.88. The van der Waals surface area contributed by atoms with E-state index >= 15 is 0 Å². The summed E-state index contributed by atoms with van der Waals surface area (Å²) in [4.78, 5) is 16.5. The SMILES string of the molecule is CC(C)c1ccc(C(=O)N2CC(O)CC2CN(C)C)cc1. The fourth-order valence-electron chi connectivity index (χ4n) is 2.91. The lowest BCUT2D eigenvalue weighted by atomic mass is 10.0. The third-order valence-electron chi connectivity index (χ3n) is 4.05. The summed E-state index contributed by atoms with van der Waals surface area (Å²) in [5.74, 6) is 0.484. The monoisotopic (exact) mass is 290 g/mol. The molecule has 2 unspecified atom stereocenters. The number of benzene rings is 1. The first-order valence-electron chi connectivity index (χ1n) is 7.62. The van der Waals surface area contributed by atoms with Crippen LogP contribution in [-0.2, 0) is 0 Å². The molecule has 0 bridgehead atoms. The molecule has 116 valence electrons. The normalized spacial score (nSPS) is 22.3. The number of β-amino-alcohol motifs (C(OH)–C–C–N with tert-alkyl or cyclic N) is 1. The van der Waals surface area contributed by atoms with Crippen molar-refractivity contribution in [3.05, 3.63) is 35.4 Å². The first-order chi connectivity index (χ1) is 9.88. The van der Waals surface area contributed by atoms with Crippen LogP contribution in [0.3, 0.4) is 0 Å². The minimum Gasteiger partial charge on any atom is -0.391 e. The molecule has 4 heteroatoms. The number of rotatable bonds is 4. The molecule has 0 radical (unpaired) electrons. The highest BCUT2D eigenvalue weighted by Gasteiger charge is 2.34. The summed E-state index contributed by atoms with van der Waals surface area (Å²) in [7, 11) is 3.98. The Bertz CT molecular complexity index is 482. The Morgan fingerprint density at radius 3 is 2.48 bits per heavy atom. The predicted octanol–water partition coefficient (Wildman–Crippen LogP) is 1.95. The molecule has 1 saturated heterocycles. The Labute approximate surface area is 127 Å². The average Bonchev–Trinajstić information content (AvgIpc) is 2.78. The third kappa shape index (κ3) is 3.83. The smallest absolute Gasteiger partial charge is 0.254 e. The molecule has 2 rings (SSSR count). The van der Waals surface area contributed by atoms with Crippen LogP contribution in [-0.4, -0.2) is 60.1 Å². The first-order valence-corrected chi connectivity index (χ1v) is 7.62. The molecule has 1 amide bonds. The van der Waals surface area contributed by atoms with Crippen molar-refractivity contribution in [2.24, 2.45) is 0 Å². The molecule has 1 aliphatic heterocycles. The number of likely N-dealkylation sites (N-methyl/N-ethyl adjacent to an activating group) is 1. The van der Waals surface area contributed by atoms with Crippen LogP contribution in [0, 0.1) is 0 Å². The molecule has 0 spiro atoms. The van der Waals surface area contributed by atoms with Crippen LogP contribution < -0.4 is 0 Å². The summed E-state index contributed by atoms with van der Waals surface area (Å²) < 4.78 is 0. The van der Waals surface area contributed by atoms with Gasteiger partial charge >= 0.3 is 0 Å². The summed E-state index contributed by atoms with van der Waals surface area (Å²) in [6.07, 6.45) is 0.252. The lowest BCUT2D eigenvalue weighted by Gasteiger charge is -2.27. The second-order valence-corrected chi connectivity index (χ2v) is 6.54. The molecule has 1 aliphatic rings. The fourth-order valence-corrected chi connectivity index (χ4v) is 2.91. The van der Waals surface area contributed by atoms with E-state index in [-0.39, 0.29) is 11.9 Å². The number of amides is 1. The molecule has 1 N–H and O–H groups in total. The van der Waals surface area contributed by atoms with Crippen LogP contribution in [0.25, 0.3) is 0 Å². The zero-order valence-corrected chi connectivity index (χ0v) is 13.4. The van der Waals surface area contributed by atoms with E-state index in [0.717, 1.165) is 6.54 Å². The number of carbonyl (C=O) groups excluding carboxylic acids is 1. The topological polar surface area (TPSA) is 43.8 Å². The Kier molecular flexibility index (Phi) is 5.01. The van der Waals surface area contributed by atoms with Gasteiger partial charge in [-0.05, 0) is 44.1 Å². The number of carbonyl (C=O) groups is 1. The van der Waals surface area contributed by atoms with Crippen LogP contribution in [0.1, 0.15) is 42.1 Å². The van der Waals surface area contributed by atoms with Crippen molar-refractivity contribution in [1.29, 1.82) is 0 Å². The minimum atomic E-state index is -0.408. The zero-order chi connectivity index (χ0) is 15.6. The van der Waals surface area contributed by atoms with Crippen molar-refractivity contribution < 1.29 is 9.90 Å². The molecule has 21 heavy (non-hydrogen) atoms. The summed E-state index contributed by atoms with van der Waals surface area (Å²) in [6.45, 7) is 5.50. The second-order valence-electron chi connectivity index (χ2n) is 6.54. The predicted molar refractivity (Wildman–Crippen MR) is 84.5 cm³/mol. The summed E-state index contributed by atoms with van der Waals surface area (Å²) in [5.41, 5.74) is 1.94. The molecule has 1 fully saturated rings. The van der Waals surface area contributed by atoms with Crippen molar-refractivity contribution in [1.82, 2.24) is 9.80 Å². The average molecular weight is 290 g/mol. The van der Waals surface area contributed by atoms with Gasteiger partial charge in [0.15, 0.2) is 0 Å². The molecule has 4 nitrogen and oxygen atoms in total. The van der Waals surface area contributed by atoms with Crippen molar-refractivity contribution in [3.63, 3.8) is 0 Å². The largest absolute Gasteiger partial charge is 0.391 e. The van der Waals surface area contributed by atoms with Gasteiger partial charge in [-0.25, -0.2) is 0 Å². The van der Waals surface area contributed by atoms with Gasteiger partial charge in [0, 0.05) is 24.7 Å². The van der Waals surface area contributed by atoms with E-state index in [1.165, 1.54) is 5.56 Å². The molecule has 0 saturated carbocycles. The number of hydrogen-bond donors (Lipinski definition) is 1. The molecule has 1 aromatic rings. The van der Waals surface area contributed by atoms with E-state index in [9.17, 15) is 9.90 Å². The molecule has 0 aromatic heterocycles.